The fourth-order valence-electron chi connectivity index (χ4n) is 4.19. The van der Waals surface area contributed by atoms with Crippen LogP contribution in [-0.4, -0.2) is 10.6 Å². The first-order valence-electron chi connectivity index (χ1n) is 9.85. The number of nitrogens with two attached hydrogens (primary N) is 1. The molecule has 0 radical (unpaired) electrons. The van der Waals surface area contributed by atoms with E-state index in [2.05, 4.69) is 5.32 Å². The fraction of sp³-hybridized carbons (Fsp3) is 0.304. The van der Waals surface area contributed by atoms with Crippen LogP contribution in [0.1, 0.15) is 52.5 Å². The summed E-state index contributed by atoms with van der Waals surface area (Å²) >= 11 is 0. The number of aryl methyl sites for hydroxylation is 1. The molecule has 5 nitrogen and oxygen atoms in total. The van der Waals surface area contributed by atoms with Gasteiger partial charge in [-0.15, -0.1) is 0 Å². The van der Waals surface area contributed by atoms with Gasteiger partial charge in [0, 0.05) is 5.39 Å². The summed E-state index contributed by atoms with van der Waals surface area (Å²) in [5.41, 5.74) is 1.97. The number of benzene rings is 2. The summed E-state index contributed by atoms with van der Waals surface area (Å²) in [7, 11) is 0. The summed E-state index contributed by atoms with van der Waals surface area (Å²) in [6, 6.07) is 11.5. The van der Waals surface area contributed by atoms with E-state index in [-0.39, 0.29) is 29.2 Å². The highest BCUT2D eigenvalue weighted by Crippen LogP contribution is 2.38. The number of carbonyl (C=O) groups excluding carboxylic acids is 1. The second-order valence-electron chi connectivity index (χ2n) is 7.83. The molecule has 2 aromatic carbocycles. The molecule has 4 rings (SSSR count). The number of halogens is 1. The molecule has 1 atom stereocenters. The molecule has 1 aromatic heterocycles. The van der Waals surface area contributed by atoms with E-state index >= 15 is 0 Å². The average molecular weight is 393 g/mol. The molecule has 0 bridgehead atoms. The molecule has 0 spiro atoms. The molecule has 3 N–H and O–H groups in total. The number of amides is 1. The summed E-state index contributed by atoms with van der Waals surface area (Å²) in [5, 5.41) is 4.12. The maximum absolute atomic E-state index is 13.8. The molecule has 1 heterocycles. The van der Waals surface area contributed by atoms with Gasteiger partial charge in [-0.25, -0.2) is 9.07 Å². The minimum atomic E-state index is -0.326. The van der Waals surface area contributed by atoms with Crippen LogP contribution in [0, 0.1) is 25.6 Å². The van der Waals surface area contributed by atoms with Gasteiger partial charge in [0.25, 0.3) is 11.5 Å². The Hall–Kier alpha value is -3.15. The largest absolute Gasteiger partial charge is 0.345 e. The van der Waals surface area contributed by atoms with Gasteiger partial charge in [0.1, 0.15) is 5.82 Å². The van der Waals surface area contributed by atoms with Crippen molar-refractivity contribution in [3.63, 3.8) is 0 Å². The summed E-state index contributed by atoms with van der Waals surface area (Å²) in [4.78, 5) is 26.0. The maximum Gasteiger partial charge on any atom is 0.277 e. The Bertz CT molecular complexity index is 1160. The van der Waals surface area contributed by atoms with E-state index in [1.165, 1.54) is 12.1 Å². The topological polar surface area (TPSA) is 77.1 Å². The van der Waals surface area contributed by atoms with Crippen LogP contribution in [0.4, 0.5) is 4.39 Å². The number of nitrogens with one attached hydrogen (secondary N) is 1. The number of rotatable bonds is 4. The van der Waals surface area contributed by atoms with Gasteiger partial charge >= 0.3 is 0 Å². The first kappa shape index (κ1) is 19.2. The van der Waals surface area contributed by atoms with Crippen LogP contribution in [-0.2, 0) is 0 Å². The molecule has 1 amide bonds. The summed E-state index contributed by atoms with van der Waals surface area (Å²) in [5.74, 6) is 5.62. The first-order chi connectivity index (χ1) is 13.9. The van der Waals surface area contributed by atoms with Crippen molar-refractivity contribution in [1.29, 1.82) is 0 Å². The van der Waals surface area contributed by atoms with Gasteiger partial charge in [0.05, 0.1) is 22.7 Å². The van der Waals surface area contributed by atoms with E-state index in [0.717, 1.165) is 35.1 Å². The number of fused-ring (bicyclic) bond motifs is 1. The molecular formula is C23H24FN3O2. The molecule has 0 aliphatic heterocycles. The van der Waals surface area contributed by atoms with Gasteiger partial charge in [-0.1, -0.05) is 36.8 Å². The number of carbonyl (C=O) groups is 1. The lowest BCUT2D eigenvalue weighted by Crippen LogP contribution is -2.39. The van der Waals surface area contributed by atoms with Gasteiger partial charge in [0.15, 0.2) is 0 Å². The van der Waals surface area contributed by atoms with Crippen molar-refractivity contribution in [2.45, 2.75) is 39.2 Å². The van der Waals surface area contributed by atoms with Gasteiger partial charge in [-0.3, -0.25) is 9.59 Å². The van der Waals surface area contributed by atoms with Crippen LogP contribution in [0.3, 0.4) is 0 Å². The van der Waals surface area contributed by atoms with Crippen LogP contribution in [0.2, 0.25) is 0 Å². The summed E-state index contributed by atoms with van der Waals surface area (Å²) < 4.78 is 14.9. The van der Waals surface area contributed by atoms with Gasteiger partial charge < -0.3 is 11.2 Å². The lowest BCUT2D eigenvalue weighted by Gasteiger charge is -2.35. The molecule has 3 aromatic rings. The van der Waals surface area contributed by atoms with Crippen LogP contribution in [0.15, 0.2) is 47.3 Å². The quantitative estimate of drug-likeness (QED) is 0.663. The molecule has 1 aliphatic carbocycles. The minimum absolute atomic E-state index is 0.262. The summed E-state index contributed by atoms with van der Waals surface area (Å²) in [6.07, 6.45) is 3.06. The fourth-order valence-corrected chi connectivity index (χ4v) is 4.19. The SMILES string of the molecule is Cc1cccc2c(C(=O)NC(c3cccc(F)c3)C3CCC3)c(C)n(N)c(=O)c12. The molecule has 150 valence electrons. The Morgan fingerprint density at radius 3 is 2.59 bits per heavy atom. The normalized spacial score (nSPS) is 15.1. The first-order valence-corrected chi connectivity index (χ1v) is 9.85. The zero-order valence-corrected chi connectivity index (χ0v) is 16.5. The van der Waals surface area contributed by atoms with Gasteiger partial charge in [-0.2, -0.15) is 0 Å². The highest BCUT2D eigenvalue weighted by Gasteiger charge is 2.31. The third-order valence-corrected chi connectivity index (χ3v) is 6.04. The lowest BCUT2D eigenvalue weighted by atomic mass is 9.77. The van der Waals surface area contributed by atoms with Crippen molar-refractivity contribution < 1.29 is 9.18 Å². The van der Waals surface area contributed by atoms with E-state index in [1.54, 1.807) is 19.1 Å². The van der Waals surface area contributed by atoms with Crippen molar-refractivity contribution in [2.75, 3.05) is 5.84 Å². The second kappa shape index (κ2) is 7.35. The zero-order chi connectivity index (χ0) is 20.7. The van der Waals surface area contributed by atoms with Crippen molar-refractivity contribution in [1.82, 2.24) is 9.99 Å². The Balaban J connectivity index is 1.81. The molecule has 29 heavy (non-hydrogen) atoms. The molecule has 0 saturated heterocycles. The molecular weight excluding hydrogens is 369 g/mol. The van der Waals surface area contributed by atoms with Crippen LogP contribution in [0.25, 0.3) is 10.8 Å². The van der Waals surface area contributed by atoms with Crippen LogP contribution < -0.4 is 16.7 Å². The number of aromatic nitrogens is 1. The van der Waals surface area contributed by atoms with Crippen molar-refractivity contribution in [3.8, 4) is 0 Å². The highest BCUT2D eigenvalue weighted by molar-refractivity contribution is 6.08. The second-order valence-corrected chi connectivity index (χ2v) is 7.83. The smallest absolute Gasteiger partial charge is 0.277 e. The Morgan fingerprint density at radius 2 is 1.93 bits per heavy atom. The van der Waals surface area contributed by atoms with Crippen molar-refractivity contribution >= 4 is 16.7 Å². The Labute approximate surface area is 168 Å². The minimum Gasteiger partial charge on any atom is -0.345 e. The third kappa shape index (κ3) is 3.28. The molecule has 1 saturated carbocycles. The molecule has 1 aliphatic rings. The van der Waals surface area contributed by atoms with Crippen molar-refractivity contribution in [2.24, 2.45) is 5.92 Å². The van der Waals surface area contributed by atoms with Gasteiger partial charge in [0.2, 0.25) is 0 Å². The van der Waals surface area contributed by atoms with E-state index in [4.69, 9.17) is 5.84 Å². The number of pyridine rings is 1. The van der Waals surface area contributed by atoms with E-state index in [1.807, 2.05) is 25.1 Å². The van der Waals surface area contributed by atoms with E-state index < -0.39 is 0 Å². The number of nitrogens with zero attached hydrogens (tertiary/aromatic N) is 1. The Kier molecular flexibility index (Phi) is 4.86. The highest BCUT2D eigenvalue weighted by atomic mass is 19.1. The number of nitrogen functional groups attached to an aromatic ring is 1. The van der Waals surface area contributed by atoms with Crippen molar-refractivity contribution in [3.05, 3.63) is 81.0 Å². The lowest BCUT2D eigenvalue weighted by molar-refractivity contribution is 0.0901. The molecule has 6 heteroatoms. The van der Waals surface area contributed by atoms with E-state index in [9.17, 15) is 14.0 Å². The summed E-state index contributed by atoms with van der Waals surface area (Å²) in [6.45, 7) is 3.49. The molecule has 1 fully saturated rings. The third-order valence-electron chi connectivity index (χ3n) is 6.04. The van der Waals surface area contributed by atoms with Crippen LogP contribution in [0.5, 0.6) is 0 Å². The standard InChI is InChI=1S/C23H24FN3O2/c1-13-6-3-11-18-19(13)23(29)27(25)14(2)20(18)22(28)26-21(15-7-4-8-15)16-9-5-10-17(24)12-16/h3,5-6,9-12,15,21H,4,7-8,25H2,1-2H3,(H,26,28). The maximum atomic E-state index is 13.8. The average Bonchev–Trinajstić information content (AvgIpc) is 2.64. The van der Waals surface area contributed by atoms with Gasteiger partial charge in [-0.05, 0) is 55.9 Å². The predicted octanol–water partition coefficient (Wildman–Crippen LogP) is 3.74. The zero-order valence-electron chi connectivity index (χ0n) is 16.5. The monoisotopic (exact) mass is 393 g/mol. The Morgan fingerprint density at radius 1 is 1.21 bits per heavy atom. The number of hydrogen-bond acceptors (Lipinski definition) is 3. The molecule has 1 unspecified atom stereocenters. The van der Waals surface area contributed by atoms with Crippen LogP contribution >= 0.6 is 0 Å². The predicted molar refractivity (Wildman–Crippen MR) is 112 cm³/mol. The van der Waals surface area contributed by atoms with E-state index in [0.29, 0.717) is 22.0 Å². The number of hydrogen-bond donors (Lipinski definition) is 2.